The third-order valence-corrected chi connectivity index (χ3v) is 2.45. The second-order valence-electron chi connectivity index (χ2n) is 4.05. The van der Waals surface area contributed by atoms with Gasteiger partial charge in [-0.25, -0.2) is 0 Å². The molecule has 0 unspecified atom stereocenters. The third kappa shape index (κ3) is 2.92. The zero-order valence-electron chi connectivity index (χ0n) is 10.1. The van der Waals surface area contributed by atoms with Gasteiger partial charge < -0.3 is 5.32 Å². The quantitative estimate of drug-likeness (QED) is 0.822. The minimum Gasteiger partial charge on any atom is -0.349 e. The molecule has 1 amide bonds. The maximum atomic E-state index is 11.8. The molecule has 5 heteroatoms. The van der Waals surface area contributed by atoms with Crippen LogP contribution in [-0.2, 0) is 11.8 Å². The van der Waals surface area contributed by atoms with E-state index in [-0.39, 0.29) is 17.7 Å². The maximum absolute atomic E-state index is 11.8. The SMILES string of the molecule is CC(=O)C[C@@H](C)NC(=O)c1cnn(C)c1C. The Labute approximate surface area is 94.8 Å². The van der Waals surface area contributed by atoms with Gasteiger partial charge in [-0.2, -0.15) is 5.10 Å². The van der Waals surface area contributed by atoms with Crippen molar-refractivity contribution >= 4 is 11.7 Å². The van der Waals surface area contributed by atoms with Gasteiger partial charge in [-0.3, -0.25) is 14.3 Å². The van der Waals surface area contributed by atoms with Crippen molar-refractivity contribution in [3.05, 3.63) is 17.5 Å². The molecule has 0 aliphatic rings. The number of carbonyl (C=O) groups excluding carboxylic acids is 2. The molecule has 1 heterocycles. The summed E-state index contributed by atoms with van der Waals surface area (Å²) in [5.41, 5.74) is 1.37. The summed E-state index contributed by atoms with van der Waals surface area (Å²) in [5.74, 6) is -0.116. The highest BCUT2D eigenvalue weighted by Crippen LogP contribution is 2.06. The molecule has 16 heavy (non-hydrogen) atoms. The first-order chi connectivity index (χ1) is 7.41. The fraction of sp³-hybridized carbons (Fsp3) is 0.545. The molecule has 0 bridgehead atoms. The fourth-order valence-electron chi connectivity index (χ4n) is 1.51. The summed E-state index contributed by atoms with van der Waals surface area (Å²) < 4.78 is 1.64. The van der Waals surface area contributed by atoms with Gasteiger partial charge in [0.25, 0.3) is 5.91 Å². The van der Waals surface area contributed by atoms with E-state index in [0.717, 1.165) is 5.69 Å². The van der Waals surface area contributed by atoms with Crippen LogP contribution in [0.2, 0.25) is 0 Å². The lowest BCUT2D eigenvalue weighted by atomic mass is 10.1. The molecule has 0 saturated carbocycles. The van der Waals surface area contributed by atoms with Gasteiger partial charge in [0, 0.05) is 25.2 Å². The van der Waals surface area contributed by atoms with Crippen LogP contribution in [0.15, 0.2) is 6.20 Å². The molecule has 1 aromatic rings. The Kier molecular flexibility index (Phi) is 3.82. The van der Waals surface area contributed by atoms with Gasteiger partial charge in [-0.15, -0.1) is 0 Å². The summed E-state index contributed by atoms with van der Waals surface area (Å²) in [6.45, 7) is 5.15. The van der Waals surface area contributed by atoms with Crippen molar-refractivity contribution in [3.63, 3.8) is 0 Å². The van der Waals surface area contributed by atoms with Crippen molar-refractivity contribution in [1.82, 2.24) is 15.1 Å². The zero-order chi connectivity index (χ0) is 12.3. The number of Topliss-reactive ketones (excluding diaryl/α,β-unsaturated/α-hetero) is 1. The molecule has 1 aromatic heterocycles. The number of hydrogen-bond acceptors (Lipinski definition) is 3. The number of ketones is 1. The van der Waals surface area contributed by atoms with Gasteiger partial charge in [0.05, 0.1) is 11.8 Å². The lowest BCUT2D eigenvalue weighted by Crippen LogP contribution is -2.34. The first kappa shape index (κ1) is 12.4. The van der Waals surface area contributed by atoms with Crippen LogP contribution in [0.1, 0.15) is 36.3 Å². The van der Waals surface area contributed by atoms with Crippen molar-refractivity contribution in [2.75, 3.05) is 0 Å². The van der Waals surface area contributed by atoms with Crippen molar-refractivity contribution in [3.8, 4) is 0 Å². The standard InChI is InChI=1S/C11H17N3O2/c1-7(5-8(2)15)13-11(16)10-6-12-14(4)9(10)3/h6-7H,5H2,1-4H3,(H,13,16)/t7-/m1/s1. The van der Waals surface area contributed by atoms with E-state index < -0.39 is 0 Å². The molecule has 0 fully saturated rings. The molecular formula is C11H17N3O2. The van der Waals surface area contributed by atoms with E-state index in [1.807, 2.05) is 13.8 Å². The summed E-state index contributed by atoms with van der Waals surface area (Å²) in [5, 5.41) is 6.76. The van der Waals surface area contributed by atoms with Gasteiger partial charge >= 0.3 is 0 Å². The summed E-state index contributed by atoms with van der Waals surface area (Å²) in [6.07, 6.45) is 1.89. The maximum Gasteiger partial charge on any atom is 0.254 e. The van der Waals surface area contributed by atoms with Crippen molar-refractivity contribution in [2.24, 2.45) is 7.05 Å². The molecule has 0 aliphatic carbocycles. The predicted octanol–water partition coefficient (Wildman–Crippen LogP) is 0.826. The Bertz CT molecular complexity index is 409. The highest BCUT2D eigenvalue weighted by atomic mass is 16.2. The van der Waals surface area contributed by atoms with E-state index >= 15 is 0 Å². The molecule has 0 radical (unpaired) electrons. The zero-order valence-corrected chi connectivity index (χ0v) is 10.1. The largest absolute Gasteiger partial charge is 0.349 e. The molecule has 0 spiro atoms. The molecule has 1 rings (SSSR count). The van der Waals surface area contributed by atoms with Gasteiger partial charge in [0.15, 0.2) is 0 Å². The Morgan fingerprint density at radius 3 is 2.62 bits per heavy atom. The highest BCUT2D eigenvalue weighted by molar-refractivity contribution is 5.95. The van der Waals surface area contributed by atoms with Crippen LogP contribution in [0, 0.1) is 6.92 Å². The van der Waals surface area contributed by atoms with E-state index in [0.29, 0.717) is 12.0 Å². The van der Waals surface area contributed by atoms with E-state index in [1.165, 1.54) is 13.1 Å². The molecule has 1 atom stereocenters. The predicted molar refractivity (Wildman–Crippen MR) is 60.2 cm³/mol. The van der Waals surface area contributed by atoms with Crippen molar-refractivity contribution in [2.45, 2.75) is 33.2 Å². The topological polar surface area (TPSA) is 64.0 Å². The number of aromatic nitrogens is 2. The molecule has 0 saturated heterocycles. The number of aryl methyl sites for hydroxylation is 1. The number of hydrogen-bond donors (Lipinski definition) is 1. The lowest BCUT2D eigenvalue weighted by Gasteiger charge is -2.11. The average Bonchev–Trinajstić information content (AvgIpc) is 2.45. The average molecular weight is 223 g/mol. The smallest absolute Gasteiger partial charge is 0.254 e. The Hall–Kier alpha value is -1.65. The van der Waals surface area contributed by atoms with Crippen molar-refractivity contribution in [1.29, 1.82) is 0 Å². The second-order valence-corrected chi connectivity index (χ2v) is 4.05. The number of amides is 1. The molecular weight excluding hydrogens is 206 g/mol. The molecule has 5 nitrogen and oxygen atoms in total. The monoisotopic (exact) mass is 223 g/mol. The van der Waals surface area contributed by atoms with Crippen LogP contribution in [0.5, 0.6) is 0 Å². The van der Waals surface area contributed by atoms with Crippen LogP contribution in [0.4, 0.5) is 0 Å². The Balaban J connectivity index is 2.66. The molecule has 1 N–H and O–H groups in total. The van der Waals surface area contributed by atoms with Crippen LogP contribution in [0.25, 0.3) is 0 Å². The number of rotatable bonds is 4. The van der Waals surface area contributed by atoms with E-state index in [1.54, 1.807) is 11.7 Å². The summed E-state index contributed by atoms with van der Waals surface area (Å²) in [7, 11) is 1.78. The third-order valence-electron chi connectivity index (χ3n) is 2.45. The minimum absolute atomic E-state index is 0.0655. The Morgan fingerprint density at radius 2 is 2.19 bits per heavy atom. The number of nitrogens with one attached hydrogen (secondary N) is 1. The fourth-order valence-corrected chi connectivity index (χ4v) is 1.51. The lowest BCUT2D eigenvalue weighted by molar-refractivity contribution is -0.117. The van der Waals surface area contributed by atoms with E-state index in [2.05, 4.69) is 10.4 Å². The summed E-state index contributed by atoms with van der Waals surface area (Å²) in [4.78, 5) is 22.7. The van der Waals surface area contributed by atoms with Crippen molar-refractivity contribution < 1.29 is 9.59 Å². The summed E-state index contributed by atoms with van der Waals surface area (Å²) >= 11 is 0. The summed E-state index contributed by atoms with van der Waals surface area (Å²) in [6, 6.07) is -0.149. The molecule has 88 valence electrons. The second kappa shape index (κ2) is 4.92. The number of carbonyl (C=O) groups is 2. The van der Waals surface area contributed by atoms with Crippen LogP contribution in [0.3, 0.4) is 0 Å². The molecule has 0 aromatic carbocycles. The van der Waals surface area contributed by atoms with E-state index in [9.17, 15) is 9.59 Å². The van der Waals surface area contributed by atoms with Crippen LogP contribution >= 0.6 is 0 Å². The van der Waals surface area contributed by atoms with Gasteiger partial charge in [-0.1, -0.05) is 0 Å². The van der Waals surface area contributed by atoms with Gasteiger partial charge in [0.1, 0.15) is 5.78 Å². The minimum atomic E-state index is -0.181. The normalized spacial score (nSPS) is 12.2. The highest BCUT2D eigenvalue weighted by Gasteiger charge is 2.15. The first-order valence-corrected chi connectivity index (χ1v) is 5.20. The van der Waals surface area contributed by atoms with Gasteiger partial charge in [-0.05, 0) is 20.8 Å². The first-order valence-electron chi connectivity index (χ1n) is 5.20. The number of nitrogens with zero attached hydrogens (tertiary/aromatic N) is 2. The Morgan fingerprint density at radius 1 is 1.56 bits per heavy atom. The van der Waals surface area contributed by atoms with E-state index in [4.69, 9.17) is 0 Å². The van der Waals surface area contributed by atoms with Crippen LogP contribution < -0.4 is 5.32 Å². The molecule has 0 aliphatic heterocycles. The van der Waals surface area contributed by atoms with Gasteiger partial charge in [0.2, 0.25) is 0 Å². The van der Waals surface area contributed by atoms with Crippen LogP contribution in [-0.4, -0.2) is 27.5 Å².